The van der Waals surface area contributed by atoms with Gasteiger partial charge in [0, 0.05) is 38.1 Å². The van der Waals surface area contributed by atoms with Gasteiger partial charge in [0.15, 0.2) is 0 Å². The number of amides is 2. The maximum atomic E-state index is 13.1. The maximum Gasteiger partial charge on any atom is 0.321 e. The number of hydrogen-bond acceptors (Lipinski definition) is 2. The van der Waals surface area contributed by atoms with Crippen LogP contribution in [0.25, 0.3) is 6.08 Å². The second kappa shape index (κ2) is 7.83. The molecule has 2 aromatic carbocycles. The molecule has 0 bridgehead atoms. The fourth-order valence-corrected chi connectivity index (χ4v) is 2.90. The molecule has 25 heavy (non-hydrogen) atoms. The molecule has 1 aliphatic heterocycles. The Balaban J connectivity index is 1.50. The number of benzene rings is 2. The van der Waals surface area contributed by atoms with Crippen LogP contribution in [0.15, 0.2) is 54.7 Å². The predicted octanol–water partition coefficient (Wildman–Crippen LogP) is 3.64. The van der Waals surface area contributed by atoms with Gasteiger partial charge in [-0.15, -0.1) is 0 Å². The summed E-state index contributed by atoms with van der Waals surface area (Å²) >= 11 is 0. The van der Waals surface area contributed by atoms with E-state index in [0.29, 0.717) is 18.7 Å². The van der Waals surface area contributed by atoms with E-state index in [1.54, 1.807) is 29.3 Å². The van der Waals surface area contributed by atoms with Crippen LogP contribution in [0.3, 0.4) is 0 Å². The van der Waals surface area contributed by atoms with E-state index in [4.69, 9.17) is 0 Å². The Hall–Kier alpha value is -2.82. The monoisotopic (exact) mass is 339 g/mol. The zero-order chi connectivity index (χ0) is 17.6. The van der Waals surface area contributed by atoms with Gasteiger partial charge in [-0.2, -0.15) is 0 Å². The first-order chi connectivity index (χ1) is 12.1. The third-order valence-electron chi connectivity index (χ3n) is 4.26. The third kappa shape index (κ3) is 4.59. The molecule has 1 heterocycles. The zero-order valence-corrected chi connectivity index (χ0v) is 14.3. The van der Waals surface area contributed by atoms with Gasteiger partial charge in [0.05, 0.1) is 0 Å². The number of hydrogen-bond donors (Lipinski definition) is 1. The second-order valence-corrected chi connectivity index (χ2v) is 6.15. The van der Waals surface area contributed by atoms with Crippen LogP contribution in [-0.2, 0) is 0 Å². The molecule has 0 unspecified atom stereocenters. The lowest BCUT2D eigenvalue weighted by Gasteiger charge is -2.36. The van der Waals surface area contributed by atoms with Crippen LogP contribution in [-0.4, -0.2) is 37.1 Å². The van der Waals surface area contributed by atoms with Crippen molar-refractivity contribution in [1.29, 1.82) is 0 Å². The zero-order valence-electron chi connectivity index (χ0n) is 14.3. The minimum absolute atomic E-state index is 0.128. The highest BCUT2D eigenvalue weighted by Crippen LogP contribution is 2.17. The minimum Gasteiger partial charge on any atom is -0.368 e. The lowest BCUT2D eigenvalue weighted by Crippen LogP contribution is -2.51. The van der Waals surface area contributed by atoms with E-state index in [-0.39, 0.29) is 11.8 Å². The van der Waals surface area contributed by atoms with Crippen LogP contribution in [0.1, 0.15) is 11.1 Å². The lowest BCUT2D eigenvalue weighted by molar-refractivity contribution is 0.198. The van der Waals surface area contributed by atoms with Crippen LogP contribution in [0.5, 0.6) is 0 Å². The molecular formula is C20H22FN3O. The summed E-state index contributed by atoms with van der Waals surface area (Å²) < 4.78 is 13.1. The predicted molar refractivity (Wildman–Crippen MR) is 98.9 cm³/mol. The highest BCUT2D eigenvalue weighted by atomic mass is 19.1. The summed E-state index contributed by atoms with van der Waals surface area (Å²) in [6.07, 6.45) is 3.24. The normalized spacial score (nSPS) is 14.8. The first-order valence-electron chi connectivity index (χ1n) is 8.41. The van der Waals surface area contributed by atoms with Crippen LogP contribution < -0.4 is 10.2 Å². The maximum absolute atomic E-state index is 13.1. The fourth-order valence-electron chi connectivity index (χ4n) is 2.90. The van der Waals surface area contributed by atoms with E-state index in [1.807, 2.05) is 0 Å². The fraction of sp³-hybridized carbons (Fsp3) is 0.250. The molecule has 4 nitrogen and oxygen atoms in total. The van der Waals surface area contributed by atoms with Crippen LogP contribution >= 0.6 is 0 Å². The van der Waals surface area contributed by atoms with E-state index in [9.17, 15) is 9.18 Å². The lowest BCUT2D eigenvalue weighted by atomic mass is 10.2. The van der Waals surface area contributed by atoms with Crippen molar-refractivity contribution in [3.05, 3.63) is 71.7 Å². The van der Waals surface area contributed by atoms with Gasteiger partial charge in [-0.3, -0.25) is 0 Å². The van der Waals surface area contributed by atoms with E-state index in [2.05, 4.69) is 41.4 Å². The SMILES string of the molecule is Cc1cccc(N2CCN(C(=O)N/C=C/c3cccc(F)c3)CC2)c1. The molecule has 0 radical (unpaired) electrons. The number of nitrogens with one attached hydrogen (secondary N) is 1. The van der Waals surface area contributed by atoms with Crippen molar-refractivity contribution in [2.45, 2.75) is 6.92 Å². The van der Waals surface area contributed by atoms with Gasteiger partial charge in [0.1, 0.15) is 5.82 Å². The Labute approximate surface area is 147 Å². The van der Waals surface area contributed by atoms with Gasteiger partial charge in [-0.05, 0) is 48.4 Å². The van der Waals surface area contributed by atoms with Gasteiger partial charge in [0.2, 0.25) is 0 Å². The van der Waals surface area contributed by atoms with Gasteiger partial charge in [-0.25, -0.2) is 9.18 Å². The number of carbonyl (C=O) groups excluding carboxylic acids is 1. The number of carbonyl (C=O) groups is 1. The Morgan fingerprint density at radius 3 is 2.56 bits per heavy atom. The standard InChI is InChI=1S/C20H22FN3O/c1-16-4-2-7-19(14-16)23-10-12-24(13-11-23)20(25)22-9-8-17-5-3-6-18(21)15-17/h2-9,14-15H,10-13H2,1H3,(H,22,25)/b9-8+. The first-order valence-corrected chi connectivity index (χ1v) is 8.41. The molecule has 130 valence electrons. The average molecular weight is 339 g/mol. The summed E-state index contributed by atoms with van der Waals surface area (Å²) in [5.41, 5.74) is 3.15. The summed E-state index contributed by atoms with van der Waals surface area (Å²) in [7, 11) is 0. The number of rotatable bonds is 3. The molecule has 0 aromatic heterocycles. The van der Waals surface area contributed by atoms with Crippen molar-refractivity contribution in [2.75, 3.05) is 31.1 Å². The molecule has 0 aliphatic carbocycles. The molecule has 1 aliphatic rings. The molecule has 1 N–H and O–H groups in total. The molecule has 2 amide bonds. The van der Waals surface area contributed by atoms with Gasteiger partial charge < -0.3 is 15.1 Å². The highest BCUT2D eigenvalue weighted by molar-refractivity contribution is 5.76. The summed E-state index contributed by atoms with van der Waals surface area (Å²) in [6.45, 7) is 5.05. The first kappa shape index (κ1) is 17.0. The number of halogens is 1. The largest absolute Gasteiger partial charge is 0.368 e. The van der Waals surface area contributed by atoms with Gasteiger partial charge >= 0.3 is 6.03 Å². The van der Waals surface area contributed by atoms with E-state index < -0.39 is 0 Å². The van der Waals surface area contributed by atoms with Crippen LogP contribution in [0.4, 0.5) is 14.9 Å². The summed E-state index contributed by atoms with van der Waals surface area (Å²) in [6, 6.07) is 14.5. The summed E-state index contributed by atoms with van der Waals surface area (Å²) in [5.74, 6) is -0.291. The van der Waals surface area contributed by atoms with Crippen LogP contribution in [0.2, 0.25) is 0 Å². The molecule has 1 fully saturated rings. The van der Waals surface area contributed by atoms with Gasteiger partial charge in [-0.1, -0.05) is 24.3 Å². The summed E-state index contributed by atoms with van der Waals surface area (Å²) in [4.78, 5) is 16.3. The van der Waals surface area contributed by atoms with E-state index in [1.165, 1.54) is 23.4 Å². The average Bonchev–Trinajstić information content (AvgIpc) is 2.62. The second-order valence-electron chi connectivity index (χ2n) is 6.15. The smallest absolute Gasteiger partial charge is 0.321 e. The number of urea groups is 1. The van der Waals surface area contributed by atoms with Crippen molar-refractivity contribution in [1.82, 2.24) is 10.2 Å². The number of nitrogens with zero attached hydrogens (tertiary/aromatic N) is 2. The third-order valence-corrected chi connectivity index (χ3v) is 4.26. The number of piperazine rings is 1. The van der Waals surface area contributed by atoms with Crippen molar-refractivity contribution < 1.29 is 9.18 Å². The van der Waals surface area contributed by atoms with E-state index in [0.717, 1.165) is 13.1 Å². The number of aryl methyl sites for hydroxylation is 1. The number of anilines is 1. The Kier molecular flexibility index (Phi) is 5.33. The van der Waals surface area contributed by atoms with Crippen LogP contribution in [0, 0.1) is 12.7 Å². The van der Waals surface area contributed by atoms with E-state index >= 15 is 0 Å². The van der Waals surface area contributed by atoms with Crippen molar-refractivity contribution >= 4 is 17.8 Å². The molecule has 3 rings (SSSR count). The topological polar surface area (TPSA) is 35.6 Å². The highest BCUT2D eigenvalue weighted by Gasteiger charge is 2.20. The molecule has 0 spiro atoms. The minimum atomic E-state index is -0.291. The molecular weight excluding hydrogens is 317 g/mol. The van der Waals surface area contributed by atoms with Crippen molar-refractivity contribution in [3.63, 3.8) is 0 Å². The Morgan fingerprint density at radius 1 is 1.08 bits per heavy atom. The molecule has 5 heteroatoms. The Bertz CT molecular complexity index is 767. The quantitative estimate of drug-likeness (QED) is 0.927. The molecule has 0 atom stereocenters. The molecule has 2 aromatic rings. The van der Waals surface area contributed by atoms with Crippen molar-refractivity contribution in [2.24, 2.45) is 0 Å². The van der Waals surface area contributed by atoms with Gasteiger partial charge in [0.25, 0.3) is 0 Å². The molecule has 1 saturated heterocycles. The van der Waals surface area contributed by atoms with Crippen molar-refractivity contribution in [3.8, 4) is 0 Å². The summed E-state index contributed by atoms with van der Waals surface area (Å²) in [5, 5.41) is 2.75. The molecule has 0 saturated carbocycles. The Morgan fingerprint density at radius 2 is 1.84 bits per heavy atom.